The molecule has 0 spiro atoms. The third-order valence-corrected chi connectivity index (χ3v) is 3.72. The lowest BCUT2D eigenvalue weighted by molar-refractivity contribution is 0.0436. The third kappa shape index (κ3) is 6.68. The highest BCUT2D eigenvalue weighted by atomic mass is 127. The molecule has 3 N–H and O–H groups in total. The van der Waals surface area contributed by atoms with Crippen LogP contribution in [-0.2, 0) is 10.3 Å². The summed E-state index contributed by atoms with van der Waals surface area (Å²) >= 11 is 0. The molecule has 2 rings (SSSR count). The molecule has 0 aliphatic carbocycles. The number of halogens is 1. The van der Waals surface area contributed by atoms with Gasteiger partial charge in [0.2, 0.25) is 0 Å². The van der Waals surface area contributed by atoms with Crippen molar-refractivity contribution < 1.29 is 14.3 Å². The second-order valence-electron chi connectivity index (χ2n) is 5.80. The molecule has 1 aromatic heterocycles. The van der Waals surface area contributed by atoms with Crippen LogP contribution in [0.15, 0.2) is 27.8 Å². The molecule has 6 nitrogen and oxygen atoms in total. The van der Waals surface area contributed by atoms with E-state index >= 15 is 0 Å². The highest BCUT2D eigenvalue weighted by Crippen LogP contribution is 2.21. The van der Waals surface area contributed by atoms with E-state index in [1.54, 1.807) is 25.3 Å². The summed E-state index contributed by atoms with van der Waals surface area (Å²) in [6.07, 6.45) is 5.19. The van der Waals surface area contributed by atoms with Crippen LogP contribution in [0.4, 0.5) is 0 Å². The molecule has 2 heterocycles. The molecule has 0 radical (unpaired) electrons. The van der Waals surface area contributed by atoms with Crippen LogP contribution in [0.1, 0.15) is 38.9 Å². The number of rotatable bonds is 7. The number of ether oxygens (including phenoxy) is 1. The highest BCUT2D eigenvalue weighted by Gasteiger charge is 2.26. The molecule has 1 aliphatic rings. The van der Waals surface area contributed by atoms with E-state index in [-0.39, 0.29) is 30.5 Å². The Balaban J connectivity index is 0.00000264. The van der Waals surface area contributed by atoms with E-state index in [1.807, 2.05) is 6.92 Å². The van der Waals surface area contributed by atoms with Crippen LogP contribution in [0, 0.1) is 0 Å². The Hall–Kier alpha value is -0.800. The summed E-state index contributed by atoms with van der Waals surface area (Å²) < 4.78 is 10.9. The van der Waals surface area contributed by atoms with Gasteiger partial charge in [0.25, 0.3) is 0 Å². The minimum atomic E-state index is -1.11. The molecule has 0 aromatic carbocycles. The first-order valence-corrected chi connectivity index (χ1v) is 8.02. The fraction of sp³-hybridized carbons (Fsp3) is 0.688. The molecule has 2 atom stereocenters. The zero-order valence-corrected chi connectivity index (χ0v) is 16.2. The van der Waals surface area contributed by atoms with Gasteiger partial charge < -0.3 is 24.9 Å². The van der Waals surface area contributed by atoms with Crippen molar-refractivity contribution in [2.45, 2.75) is 44.8 Å². The summed E-state index contributed by atoms with van der Waals surface area (Å²) in [6.45, 7) is 6.40. The standard InChI is InChI=1S/C16H27N3O3.HI/c1-3-17-15(18-9-8-13-6-4-10-21-13)19-12-16(2,20)14-7-5-11-22-14;/h5,7,11,13,20H,3-4,6,8-10,12H2,1-2H3,(H2,17,18,19);1H. The van der Waals surface area contributed by atoms with Crippen molar-refractivity contribution in [2.75, 3.05) is 26.2 Å². The predicted octanol–water partition coefficient (Wildman–Crippen LogP) is 2.23. The molecule has 1 aliphatic heterocycles. The van der Waals surface area contributed by atoms with E-state index in [0.29, 0.717) is 17.8 Å². The Morgan fingerprint density at radius 1 is 1.48 bits per heavy atom. The van der Waals surface area contributed by atoms with Gasteiger partial charge in [0.1, 0.15) is 11.4 Å². The number of guanidine groups is 1. The summed E-state index contributed by atoms with van der Waals surface area (Å²) in [5.41, 5.74) is -1.11. The van der Waals surface area contributed by atoms with Crippen molar-refractivity contribution >= 4 is 29.9 Å². The maximum atomic E-state index is 10.4. The van der Waals surface area contributed by atoms with Crippen molar-refractivity contribution in [3.05, 3.63) is 24.2 Å². The van der Waals surface area contributed by atoms with Crippen molar-refractivity contribution in [3.63, 3.8) is 0 Å². The normalized spacial score (nSPS) is 20.7. The fourth-order valence-corrected chi connectivity index (χ4v) is 2.46. The second kappa shape index (κ2) is 10.1. The molecule has 132 valence electrons. The lowest BCUT2D eigenvalue weighted by Gasteiger charge is -2.20. The summed E-state index contributed by atoms with van der Waals surface area (Å²) in [5.74, 6) is 1.22. The number of aliphatic hydroxyl groups is 1. The van der Waals surface area contributed by atoms with Gasteiger partial charge in [-0.2, -0.15) is 0 Å². The average molecular weight is 437 g/mol. The van der Waals surface area contributed by atoms with Gasteiger partial charge in [0.15, 0.2) is 5.96 Å². The quantitative estimate of drug-likeness (QED) is 0.347. The minimum Gasteiger partial charge on any atom is -0.466 e. The van der Waals surface area contributed by atoms with Crippen LogP contribution in [0.2, 0.25) is 0 Å². The van der Waals surface area contributed by atoms with Crippen LogP contribution in [0.3, 0.4) is 0 Å². The van der Waals surface area contributed by atoms with Gasteiger partial charge >= 0.3 is 0 Å². The fourth-order valence-electron chi connectivity index (χ4n) is 2.46. The van der Waals surface area contributed by atoms with Crippen molar-refractivity contribution in [3.8, 4) is 0 Å². The summed E-state index contributed by atoms with van der Waals surface area (Å²) in [7, 11) is 0. The number of furan rings is 1. The molecule has 2 unspecified atom stereocenters. The minimum absolute atomic E-state index is 0. The topological polar surface area (TPSA) is 79.0 Å². The number of hydrogen-bond donors (Lipinski definition) is 3. The van der Waals surface area contributed by atoms with Gasteiger partial charge in [-0.25, -0.2) is 4.99 Å². The Morgan fingerprint density at radius 2 is 2.30 bits per heavy atom. The van der Waals surface area contributed by atoms with Gasteiger partial charge in [-0.05, 0) is 45.2 Å². The van der Waals surface area contributed by atoms with Crippen LogP contribution in [0.25, 0.3) is 0 Å². The van der Waals surface area contributed by atoms with Crippen LogP contribution in [-0.4, -0.2) is 43.4 Å². The first kappa shape index (κ1) is 20.2. The number of hydrogen-bond acceptors (Lipinski definition) is 4. The maximum absolute atomic E-state index is 10.4. The predicted molar refractivity (Wildman–Crippen MR) is 101 cm³/mol. The van der Waals surface area contributed by atoms with E-state index < -0.39 is 5.60 Å². The van der Waals surface area contributed by atoms with E-state index in [9.17, 15) is 5.11 Å². The molecule has 7 heteroatoms. The Kier molecular flexibility index (Phi) is 8.93. The maximum Gasteiger partial charge on any atom is 0.191 e. The summed E-state index contributed by atoms with van der Waals surface area (Å²) in [6, 6.07) is 3.52. The molecular formula is C16H28IN3O3. The molecule has 1 saturated heterocycles. The van der Waals surface area contributed by atoms with Gasteiger partial charge in [-0.3, -0.25) is 0 Å². The van der Waals surface area contributed by atoms with Gasteiger partial charge in [-0.15, -0.1) is 24.0 Å². The molecule has 0 amide bonds. The second-order valence-corrected chi connectivity index (χ2v) is 5.80. The number of nitrogens with zero attached hydrogens (tertiary/aromatic N) is 1. The molecular weight excluding hydrogens is 409 g/mol. The monoisotopic (exact) mass is 437 g/mol. The Bertz CT molecular complexity index is 457. The molecule has 1 fully saturated rings. The summed E-state index contributed by atoms with van der Waals surface area (Å²) in [4.78, 5) is 4.45. The highest BCUT2D eigenvalue weighted by molar-refractivity contribution is 14.0. The molecule has 0 bridgehead atoms. The first-order chi connectivity index (χ1) is 10.6. The van der Waals surface area contributed by atoms with E-state index in [1.165, 1.54) is 0 Å². The first-order valence-electron chi connectivity index (χ1n) is 8.02. The van der Waals surface area contributed by atoms with Crippen LogP contribution < -0.4 is 10.6 Å². The van der Waals surface area contributed by atoms with Crippen molar-refractivity contribution in [2.24, 2.45) is 4.99 Å². The van der Waals surface area contributed by atoms with Gasteiger partial charge in [0.05, 0.1) is 18.9 Å². The molecule has 23 heavy (non-hydrogen) atoms. The Labute approximate surface area is 155 Å². The summed E-state index contributed by atoms with van der Waals surface area (Å²) in [5, 5.41) is 16.9. The van der Waals surface area contributed by atoms with Crippen molar-refractivity contribution in [1.82, 2.24) is 10.6 Å². The van der Waals surface area contributed by atoms with Crippen LogP contribution in [0.5, 0.6) is 0 Å². The average Bonchev–Trinajstić information content (AvgIpc) is 3.18. The lowest BCUT2D eigenvalue weighted by atomic mass is 10.0. The SMILES string of the molecule is CCNC(=NCC(C)(O)c1ccco1)NCCC1CCCO1.I. The third-order valence-electron chi connectivity index (χ3n) is 3.72. The van der Waals surface area contributed by atoms with E-state index in [0.717, 1.165) is 39.0 Å². The number of aliphatic imine (C=N–C) groups is 1. The number of nitrogens with one attached hydrogen (secondary N) is 2. The van der Waals surface area contributed by atoms with Gasteiger partial charge in [-0.1, -0.05) is 0 Å². The van der Waals surface area contributed by atoms with Crippen molar-refractivity contribution in [1.29, 1.82) is 0 Å². The smallest absolute Gasteiger partial charge is 0.191 e. The zero-order valence-electron chi connectivity index (χ0n) is 13.9. The molecule has 1 aromatic rings. The van der Waals surface area contributed by atoms with E-state index in [2.05, 4.69) is 15.6 Å². The lowest BCUT2D eigenvalue weighted by Crippen LogP contribution is -2.40. The zero-order chi connectivity index (χ0) is 15.8. The Morgan fingerprint density at radius 3 is 2.91 bits per heavy atom. The largest absolute Gasteiger partial charge is 0.466 e. The van der Waals surface area contributed by atoms with E-state index in [4.69, 9.17) is 9.15 Å². The van der Waals surface area contributed by atoms with Gasteiger partial charge in [0, 0.05) is 19.7 Å². The molecule has 0 saturated carbocycles. The van der Waals surface area contributed by atoms with Crippen LogP contribution >= 0.6 is 24.0 Å².